The molecule has 0 spiro atoms. The normalized spacial score (nSPS) is 15.8. The van der Waals surface area contributed by atoms with Gasteiger partial charge in [0.1, 0.15) is 5.75 Å². The minimum absolute atomic E-state index is 0.0377. The fraction of sp³-hybridized carbons (Fsp3) is 0.348. The number of nitrogens with zero attached hydrogens (tertiary/aromatic N) is 1. The summed E-state index contributed by atoms with van der Waals surface area (Å²) in [5.74, 6) is -1.22. The lowest BCUT2D eigenvalue weighted by Crippen LogP contribution is -2.28. The number of carbonyl (C=O) groups excluding carboxylic acids is 3. The van der Waals surface area contributed by atoms with Gasteiger partial charge in [0.15, 0.2) is 6.61 Å². The van der Waals surface area contributed by atoms with Crippen LogP contribution in [0, 0.1) is 12.8 Å². The van der Waals surface area contributed by atoms with Gasteiger partial charge in [-0.3, -0.25) is 14.4 Å². The van der Waals surface area contributed by atoms with Crippen molar-refractivity contribution in [1.29, 1.82) is 0 Å². The van der Waals surface area contributed by atoms with E-state index in [1.165, 1.54) is 17.6 Å². The summed E-state index contributed by atoms with van der Waals surface area (Å²) in [6.45, 7) is 3.77. The summed E-state index contributed by atoms with van der Waals surface area (Å²) in [7, 11) is 1.54. The van der Waals surface area contributed by atoms with Gasteiger partial charge in [-0.25, -0.2) is 0 Å². The van der Waals surface area contributed by atoms with E-state index in [4.69, 9.17) is 9.47 Å². The maximum absolute atomic E-state index is 12.5. The van der Waals surface area contributed by atoms with E-state index < -0.39 is 24.4 Å². The average Bonchev–Trinajstić information content (AvgIpc) is 3.14. The Morgan fingerprint density at radius 1 is 1.17 bits per heavy atom. The summed E-state index contributed by atoms with van der Waals surface area (Å²) >= 11 is 0. The molecule has 0 radical (unpaired) electrons. The van der Waals surface area contributed by atoms with Gasteiger partial charge in [-0.15, -0.1) is 0 Å². The van der Waals surface area contributed by atoms with E-state index in [0.29, 0.717) is 17.1 Å². The number of aryl methyl sites for hydroxylation is 2. The first-order chi connectivity index (χ1) is 14.4. The lowest BCUT2D eigenvalue weighted by Gasteiger charge is -2.20. The topological polar surface area (TPSA) is 84.9 Å². The molecule has 0 saturated carbocycles. The van der Waals surface area contributed by atoms with E-state index in [1.807, 2.05) is 31.2 Å². The van der Waals surface area contributed by atoms with Crippen LogP contribution >= 0.6 is 0 Å². The molecule has 1 aliphatic rings. The Morgan fingerprint density at radius 3 is 2.57 bits per heavy atom. The van der Waals surface area contributed by atoms with Crippen molar-refractivity contribution in [3.8, 4) is 5.75 Å². The van der Waals surface area contributed by atoms with Gasteiger partial charge in [-0.1, -0.05) is 25.1 Å². The lowest BCUT2D eigenvalue weighted by molar-refractivity contribution is -0.151. The molecule has 2 amide bonds. The quantitative estimate of drug-likeness (QED) is 0.709. The highest BCUT2D eigenvalue weighted by Crippen LogP contribution is 2.34. The van der Waals surface area contributed by atoms with Gasteiger partial charge >= 0.3 is 5.97 Å². The van der Waals surface area contributed by atoms with E-state index >= 15 is 0 Å². The van der Waals surface area contributed by atoms with E-state index in [0.717, 1.165) is 12.0 Å². The van der Waals surface area contributed by atoms with E-state index in [9.17, 15) is 14.4 Å². The zero-order valence-electron chi connectivity index (χ0n) is 17.4. The number of amides is 2. The highest BCUT2D eigenvalue weighted by molar-refractivity contribution is 6.01. The number of carbonyl (C=O) groups is 3. The molecular weight excluding hydrogens is 384 g/mol. The molecule has 1 N–H and O–H groups in total. The Kier molecular flexibility index (Phi) is 6.72. The van der Waals surface area contributed by atoms with E-state index in [-0.39, 0.29) is 18.9 Å². The predicted octanol–water partition coefficient (Wildman–Crippen LogP) is 3.10. The number of nitrogens with one attached hydrogen (secondary N) is 1. The number of methoxy groups -OCH3 is 1. The molecule has 0 aromatic heterocycles. The first kappa shape index (κ1) is 21.4. The van der Waals surface area contributed by atoms with Gasteiger partial charge in [0, 0.05) is 18.7 Å². The molecule has 2 aromatic rings. The maximum Gasteiger partial charge on any atom is 0.311 e. The van der Waals surface area contributed by atoms with Crippen molar-refractivity contribution in [2.45, 2.75) is 26.7 Å². The number of anilines is 2. The van der Waals surface area contributed by atoms with Crippen LogP contribution in [0.4, 0.5) is 11.4 Å². The summed E-state index contributed by atoms with van der Waals surface area (Å²) in [5.41, 5.74) is 3.42. The Hall–Kier alpha value is -3.35. The summed E-state index contributed by atoms with van der Waals surface area (Å²) in [4.78, 5) is 38.5. The van der Waals surface area contributed by atoms with Gasteiger partial charge in [0.25, 0.3) is 5.91 Å². The highest BCUT2D eigenvalue weighted by Gasteiger charge is 2.37. The van der Waals surface area contributed by atoms with Crippen molar-refractivity contribution in [2.75, 3.05) is 30.5 Å². The Balaban J connectivity index is 1.55. The third-order valence-electron chi connectivity index (χ3n) is 5.07. The number of hydrogen-bond donors (Lipinski definition) is 1. The minimum atomic E-state index is -0.626. The zero-order valence-corrected chi connectivity index (χ0v) is 17.4. The lowest BCUT2D eigenvalue weighted by atomic mass is 10.1. The van der Waals surface area contributed by atoms with E-state index in [2.05, 4.69) is 12.2 Å². The molecule has 1 aliphatic heterocycles. The average molecular weight is 410 g/mol. The molecule has 158 valence electrons. The molecule has 1 atom stereocenters. The van der Waals surface area contributed by atoms with Crippen LogP contribution in [0.1, 0.15) is 24.5 Å². The molecule has 0 bridgehead atoms. The number of benzene rings is 2. The summed E-state index contributed by atoms with van der Waals surface area (Å²) in [6, 6.07) is 13.0. The molecule has 1 saturated heterocycles. The van der Waals surface area contributed by atoms with Crippen LogP contribution in [0.15, 0.2) is 42.5 Å². The maximum atomic E-state index is 12.5. The predicted molar refractivity (Wildman–Crippen MR) is 114 cm³/mol. The largest absolute Gasteiger partial charge is 0.495 e. The van der Waals surface area contributed by atoms with Crippen molar-refractivity contribution in [2.24, 2.45) is 5.92 Å². The number of esters is 1. The summed E-state index contributed by atoms with van der Waals surface area (Å²) < 4.78 is 10.5. The Bertz CT molecular complexity index is 939. The third-order valence-corrected chi connectivity index (χ3v) is 5.07. The van der Waals surface area contributed by atoms with Crippen LogP contribution in [-0.2, 0) is 25.5 Å². The van der Waals surface area contributed by atoms with Crippen LogP contribution in [0.2, 0.25) is 0 Å². The van der Waals surface area contributed by atoms with Crippen molar-refractivity contribution in [3.05, 3.63) is 53.6 Å². The molecule has 1 heterocycles. The number of ether oxygens (including phenoxy) is 2. The number of rotatable bonds is 7. The molecular formula is C23H26N2O5. The van der Waals surface area contributed by atoms with Crippen molar-refractivity contribution in [1.82, 2.24) is 0 Å². The fourth-order valence-electron chi connectivity index (χ4n) is 3.38. The first-order valence-corrected chi connectivity index (χ1v) is 9.91. The Labute approximate surface area is 176 Å². The number of hydrogen-bond acceptors (Lipinski definition) is 5. The van der Waals surface area contributed by atoms with E-state index in [1.54, 1.807) is 18.2 Å². The smallest absolute Gasteiger partial charge is 0.311 e. The molecule has 30 heavy (non-hydrogen) atoms. The van der Waals surface area contributed by atoms with Crippen LogP contribution < -0.4 is 15.0 Å². The van der Waals surface area contributed by atoms with Crippen LogP contribution in [0.25, 0.3) is 0 Å². The fourth-order valence-corrected chi connectivity index (χ4v) is 3.38. The SMILES string of the molecule is CCc1ccc(NC(=O)COC(=O)[C@H]2CC(=O)N(c3cc(C)ccc3OC)C2)cc1. The van der Waals surface area contributed by atoms with Crippen LogP contribution in [0.5, 0.6) is 5.75 Å². The first-order valence-electron chi connectivity index (χ1n) is 9.91. The monoisotopic (exact) mass is 410 g/mol. The van der Waals surface area contributed by atoms with Gasteiger partial charge in [0.2, 0.25) is 5.91 Å². The van der Waals surface area contributed by atoms with Gasteiger partial charge < -0.3 is 19.7 Å². The van der Waals surface area contributed by atoms with Crippen molar-refractivity contribution >= 4 is 29.2 Å². The molecule has 3 rings (SSSR count). The minimum Gasteiger partial charge on any atom is -0.495 e. The summed E-state index contributed by atoms with van der Waals surface area (Å²) in [5, 5.41) is 2.69. The van der Waals surface area contributed by atoms with Gasteiger partial charge in [-0.2, -0.15) is 0 Å². The molecule has 7 nitrogen and oxygen atoms in total. The van der Waals surface area contributed by atoms with Crippen LogP contribution in [-0.4, -0.2) is 38.0 Å². The molecule has 0 unspecified atom stereocenters. The summed E-state index contributed by atoms with van der Waals surface area (Å²) in [6.07, 6.45) is 0.952. The molecule has 7 heteroatoms. The highest BCUT2D eigenvalue weighted by atomic mass is 16.5. The second kappa shape index (κ2) is 9.43. The second-order valence-corrected chi connectivity index (χ2v) is 7.29. The zero-order chi connectivity index (χ0) is 21.7. The molecule has 2 aromatic carbocycles. The molecule has 1 fully saturated rings. The van der Waals surface area contributed by atoms with Gasteiger partial charge in [0.05, 0.1) is 18.7 Å². The van der Waals surface area contributed by atoms with Crippen molar-refractivity contribution in [3.63, 3.8) is 0 Å². The standard InChI is InChI=1S/C23H26N2O5/c1-4-16-6-8-18(9-7-16)24-21(26)14-30-23(28)17-12-22(27)25(13-17)19-11-15(2)5-10-20(19)29-3/h5-11,17H,4,12-14H2,1-3H3,(H,24,26)/t17-/m0/s1. The Morgan fingerprint density at radius 2 is 1.90 bits per heavy atom. The third kappa shape index (κ3) is 4.97. The van der Waals surface area contributed by atoms with Crippen molar-refractivity contribution < 1.29 is 23.9 Å². The molecule has 0 aliphatic carbocycles. The second-order valence-electron chi connectivity index (χ2n) is 7.29. The van der Waals surface area contributed by atoms with Gasteiger partial charge in [-0.05, 0) is 48.7 Å². The van der Waals surface area contributed by atoms with Crippen LogP contribution in [0.3, 0.4) is 0 Å².